The summed E-state index contributed by atoms with van der Waals surface area (Å²) < 4.78 is 5.08. The number of benzene rings is 1. The van der Waals surface area contributed by atoms with E-state index in [0.29, 0.717) is 16.5 Å². The molecule has 0 saturated carbocycles. The number of imide groups is 1. The number of amides is 2. The standard InChI is InChI=1S/C13H13Cl2NO3/c1-4-13(2,19-3)12(18)16(8-17)11-6-9(14)5-10(15)7-11/h4-8H,1H2,2-3H3. The van der Waals surface area contributed by atoms with Gasteiger partial charge < -0.3 is 4.74 Å². The fourth-order valence-corrected chi connectivity index (χ4v) is 1.92. The third-order valence-corrected chi connectivity index (χ3v) is 3.12. The first-order chi connectivity index (χ1) is 8.87. The van der Waals surface area contributed by atoms with Crippen molar-refractivity contribution in [1.29, 1.82) is 0 Å². The second-order valence-electron chi connectivity index (χ2n) is 3.92. The van der Waals surface area contributed by atoms with Crippen LogP contribution in [-0.2, 0) is 14.3 Å². The van der Waals surface area contributed by atoms with Crippen LogP contribution in [0.4, 0.5) is 5.69 Å². The van der Waals surface area contributed by atoms with Crippen LogP contribution >= 0.6 is 23.2 Å². The molecule has 0 heterocycles. The molecule has 1 unspecified atom stereocenters. The van der Waals surface area contributed by atoms with Crippen molar-refractivity contribution in [3.8, 4) is 0 Å². The second kappa shape index (κ2) is 6.19. The highest BCUT2D eigenvalue weighted by Crippen LogP contribution is 2.27. The number of carbonyl (C=O) groups is 2. The van der Waals surface area contributed by atoms with Crippen LogP contribution in [0.2, 0.25) is 10.0 Å². The van der Waals surface area contributed by atoms with E-state index in [2.05, 4.69) is 6.58 Å². The highest BCUT2D eigenvalue weighted by molar-refractivity contribution is 6.35. The predicted octanol–water partition coefficient (Wildman–Crippen LogP) is 3.07. The van der Waals surface area contributed by atoms with Crippen molar-refractivity contribution in [2.45, 2.75) is 12.5 Å². The molecule has 0 aromatic heterocycles. The van der Waals surface area contributed by atoms with Gasteiger partial charge in [0, 0.05) is 17.2 Å². The van der Waals surface area contributed by atoms with E-state index in [0.717, 1.165) is 4.90 Å². The lowest BCUT2D eigenvalue weighted by Crippen LogP contribution is -2.46. The Bertz CT molecular complexity index is 498. The van der Waals surface area contributed by atoms with Crippen LogP contribution in [-0.4, -0.2) is 25.0 Å². The van der Waals surface area contributed by atoms with Gasteiger partial charge in [-0.15, -0.1) is 0 Å². The molecule has 0 radical (unpaired) electrons. The van der Waals surface area contributed by atoms with Crippen LogP contribution < -0.4 is 4.90 Å². The molecule has 0 fully saturated rings. The molecule has 0 N–H and O–H groups in total. The van der Waals surface area contributed by atoms with Crippen LogP contribution in [0, 0.1) is 0 Å². The summed E-state index contributed by atoms with van der Waals surface area (Å²) in [5.41, 5.74) is -1.04. The fourth-order valence-electron chi connectivity index (χ4n) is 1.40. The van der Waals surface area contributed by atoms with Crippen LogP contribution in [0.25, 0.3) is 0 Å². The number of hydrogen-bond donors (Lipinski definition) is 0. The maximum atomic E-state index is 12.3. The first kappa shape index (κ1) is 15.7. The predicted molar refractivity (Wildman–Crippen MR) is 75.6 cm³/mol. The summed E-state index contributed by atoms with van der Waals surface area (Å²) in [5.74, 6) is -0.585. The monoisotopic (exact) mass is 301 g/mol. The molecular weight excluding hydrogens is 289 g/mol. The minimum Gasteiger partial charge on any atom is -0.365 e. The molecule has 0 aliphatic rings. The Balaban J connectivity index is 3.24. The van der Waals surface area contributed by atoms with E-state index < -0.39 is 11.5 Å². The zero-order valence-corrected chi connectivity index (χ0v) is 12.0. The van der Waals surface area contributed by atoms with Gasteiger partial charge in [0.05, 0.1) is 5.69 Å². The molecule has 4 nitrogen and oxygen atoms in total. The number of halogens is 2. The second-order valence-corrected chi connectivity index (χ2v) is 4.80. The summed E-state index contributed by atoms with van der Waals surface area (Å²) in [5, 5.41) is 0.639. The normalized spacial score (nSPS) is 13.5. The van der Waals surface area contributed by atoms with Crippen LogP contribution in [0.5, 0.6) is 0 Å². The van der Waals surface area contributed by atoms with E-state index in [-0.39, 0.29) is 5.69 Å². The van der Waals surface area contributed by atoms with Crippen molar-refractivity contribution >= 4 is 41.2 Å². The number of nitrogens with zero attached hydrogens (tertiary/aromatic N) is 1. The minimum absolute atomic E-state index is 0.266. The highest BCUT2D eigenvalue weighted by Gasteiger charge is 2.34. The Morgan fingerprint density at radius 3 is 2.26 bits per heavy atom. The maximum Gasteiger partial charge on any atom is 0.269 e. The summed E-state index contributed by atoms with van der Waals surface area (Å²) in [4.78, 5) is 24.3. The molecule has 1 aromatic carbocycles. The topological polar surface area (TPSA) is 46.6 Å². The van der Waals surface area contributed by atoms with Crippen molar-refractivity contribution in [2.75, 3.05) is 12.0 Å². The van der Waals surface area contributed by atoms with Gasteiger partial charge in [-0.3, -0.25) is 14.5 Å². The first-order valence-corrected chi connectivity index (χ1v) is 6.07. The zero-order valence-electron chi connectivity index (χ0n) is 10.5. The molecule has 0 spiro atoms. The number of hydrogen-bond acceptors (Lipinski definition) is 3. The average Bonchev–Trinajstić information content (AvgIpc) is 2.37. The summed E-state index contributed by atoms with van der Waals surface area (Å²) in [7, 11) is 1.35. The van der Waals surface area contributed by atoms with Crippen molar-refractivity contribution in [2.24, 2.45) is 0 Å². The number of anilines is 1. The lowest BCUT2D eigenvalue weighted by atomic mass is 10.1. The Kier molecular flexibility index (Phi) is 5.11. The third-order valence-electron chi connectivity index (χ3n) is 2.69. The minimum atomic E-state index is -1.31. The van der Waals surface area contributed by atoms with Crippen molar-refractivity contribution in [1.82, 2.24) is 0 Å². The summed E-state index contributed by atoms with van der Waals surface area (Å²) in [6, 6.07) is 4.42. The van der Waals surface area contributed by atoms with Gasteiger partial charge in [0.2, 0.25) is 6.41 Å². The van der Waals surface area contributed by atoms with E-state index >= 15 is 0 Å². The SMILES string of the molecule is C=CC(C)(OC)C(=O)N(C=O)c1cc(Cl)cc(Cl)c1. The van der Waals surface area contributed by atoms with E-state index in [9.17, 15) is 9.59 Å². The first-order valence-electron chi connectivity index (χ1n) is 5.31. The van der Waals surface area contributed by atoms with E-state index in [4.69, 9.17) is 27.9 Å². The summed E-state index contributed by atoms with van der Waals surface area (Å²) in [6.07, 6.45) is 1.70. The van der Waals surface area contributed by atoms with Crippen LogP contribution in [0.3, 0.4) is 0 Å². The Morgan fingerprint density at radius 1 is 1.37 bits per heavy atom. The molecule has 1 rings (SSSR count). The fraction of sp³-hybridized carbons (Fsp3) is 0.231. The molecule has 0 saturated heterocycles. The van der Waals surface area contributed by atoms with Crippen LogP contribution in [0.15, 0.2) is 30.9 Å². The molecule has 19 heavy (non-hydrogen) atoms. The van der Waals surface area contributed by atoms with Gasteiger partial charge in [-0.25, -0.2) is 0 Å². The van der Waals surface area contributed by atoms with Gasteiger partial charge in [0.15, 0.2) is 5.60 Å². The Labute approximate surface area is 121 Å². The highest BCUT2D eigenvalue weighted by atomic mass is 35.5. The lowest BCUT2D eigenvalue weighted by Gasteiger charge is -2.27. The number of ether oxygens (including phenoxy) is 1. The van der Waals surface area contributed by atoms with E-state index in [1.807, 2.05) is 0 Å². The molecule has 1 atom stereocenters. The molecule has 0 aliphatic carbocycles. The number of methoxy groups -OCH3 is 1. The summed E-state index contributed by atoms with van der Waals surface area (Å²) in [6.45, 7) is 5.03. The zero-order chi connectivity index (χ0) is 14.6. The lowest BCUT2D eigenvalue weighted by molar-refractivity contribution is -0.135. The molecule has 1 aromatic rings. The van der Waals surface area contributed by atoms with Crippen LogP contribution in [0.1, 0.15) is 6.92 Å². The largest absolute Gasteiger partial charge is 0.365 e. The number of rotatable bonds is 5. The third kappa shape index (κ3) is 3.35. The van der Waals surface area contributed by atoms with Crippen molar-refractivity contribution in [3.05, 3.63) is 40.9 Å². The van der Waals surface area contributed by atoms with E-state index in [1.54, 1.807) is 0 Å². The maximum absolute atomic E-state index is 12.3. The summed E-state index contributed by atoms with van der Waals surface area (Å²) >= 11 is 11.7. The van der Waals surface area contributed by atoms with Gasteiger partial charge >= 0.3 is 0 Å². The molecule has 2 amide bonds. The van der Waals surface area contributed by atoms with E-state index in [1.165, 1.54) is 38.3 Å². The molecule has 6 heteroatoms. The average molecular weight is 302 g/mol. The van der Waals surface area contributed by atoms with Gasteiger partial charge in [-0.2, -0.15) is 0 Å². The van der Waals surface area contributed by atoms with Gasteiger partial charge in [-0.1, -0.05) is 35.9 Å². The molecule has 102 valence electrons. The van der Waals surface area contributed by atoms with Gasteiger partial charge in [0.25, 0.3) is 5.91 Å². The Morgan fingerprint density at radius 2 is 1.89 bits per heavy atom. The quantitative estimate of drug-likeness (QED) is 0.620. The smallest absolute Gasteiger partial charge is 0.269 e. The Hall–Kier alpha value is -1.36. The number of carbonyl (C=O) groups excluding carboxylic acids is 2. The van der Waals surface area contributed by atoms with Gasteiger partial charge in [-0.05, 0) is 25.1 Å². The van der Waals surface area contributed by atoms with Gasteiger partial charge in [0.1, 0.15) is 0 Å². The van der Waals surface area contributed by atoms with Crippen molar-refractivity contribution < 1.29 is 14.3 Å². The molecular formula is C13H13Cl2NO3. The van der Waals surface area contributed by atoms with Crippen molar-refractivity contribution in [3.63, 3.8) is 0 Å². The molecule has 0 bridgehead atoms. The molecule has 0 aliphatic heterocycles.